The summed E-state index contributed by atoms with van der Waals surface area (Å²) in [5, 5.41) is 13.0. The number of rotatable bonds is 11. The molecule has 0 radical (unpaired) electrons. The van der Waals surface area contributed by atoms with Crippen molar-refractivity contribution in [3.8, 4) is 5.75 Å². The van der Waals surface area contributed by atoms with E-state index in [1.54, 1.807) is 7.11 Å². The first-order valence-corrected chi connectivity index (χ1v) is 9.63. The lowest BCUT2D eigenvalue weighted by molar-refractivity contribution is -0.909. The van der Waals surface area contributed by atoms with E-state index in [-0.39, 0.29) is 0 Å². The van der Waals surface area contributed by atoms with Gasteiger partial charge in [-0.1, -0.05) is 23.7 Å². The lowest BCUT2D eigenvalue weighted by Crippen LogP contribution is -3.09. The highest BCUT2D eigenvalue weighted by Crippen LogP contribution is 2.15. The zero-order chi connectivity index (χ0) is 19.6. The Balaban J connectivity index is 1.72. The molecule has 0 aliphatic carbocycles. The first-order valence-electron chi connectivity index (χ1n) is 9.25. The highest BCUT2D eigenvalue weighted by Gasteiger charge is 2.20. The zero-order valence-corrected chi connectivity index (χ0v) is 17.1. The number of benzene rings is 2. The van der Waals surface area contributed by atoms with Crippen LogP contribution in [0.25, 0.3) is 0 Å². The van der Waals surface area contributed by atoms with Crippen molar-refractivity contribution in [1.29, 1.82) is 0 Å². The quantitative estimate of drug-likeness (QED) is 0.525. The molecule has 0 heterocycles. The van der Waals surface area contributed by atoms with Crippen LogP contribution in [0.3, 0.4) is 0 Å². The largest absolute Gasteiger partial charge is 0.497 e. The average Bonchev–Trinajstić information content (AvgIpc) is 2.67. The molecule has 0 saturated carbocycles. The number of quaternary nitrogens is 2. The third-order valence-electron chi connectivity index (χ3n) is 4.55. The second-order valence-electron chi connectivity index (χ2n) is 6.96. The highest BCUT2D eigenvalue weighted by molar-refractivity contribution is 6.30. The lowest BCUT2D eigenvalue weighted by atomic mass is 10.1. The molecule has 0 aromatic heterocycles. The van der Waals surface area contributed by atoms with Gasteiger partial charge in [-0.15, -0.1) is 0 Å². The Kier molecular flexibility index (Phi) is 9.04. The van der Waals surface area contributed by atoms with Crippen molar-refractivity contribution in [3.05, 3.63) is 64.7 Å². The van der Waals surface area contributed by atoms with Crippen molar-refractivity contribution < 1.29 is 24.8 Å². The molecule has 5 nitrogen and oxygen atoms in total. The summed E-state index contributed by atoms with van der Waals surface area (Å²) in [6.45, 7) is 2.30. The normalized spacial score (nSPS) is 13.6. The molecule has 2 atom stereocenters. The van der Waals surface area contributed by atoms with Gasteiger partial charge in [0.2, 0.25) is 0 Å². The third-order valence-corrected chi connectivity index (χ3v) is 4.80. The van der Waals surface area contributed by atoms with Gasteiger partial charge >= 0.3 is 0 Å². The van der Waals surface area contributed by atoms with Gasteiger partial charge in [-0.2, -0.15) is 0 Å². The van der Waals surface area contributed by atoms with Crippen molar-refractivity contribution in [2.75, 3.05) is 40.9 Å². The Hall–Kier alpha value is -1.63. The van der Waals surface area contributed by atoms with Crippen LogP contribution in [0.1, 0.15) is 17.2 Å². The van der Waals surface area contributed by atoms with E-state index in [1.165, 1.54) is 10.5 Å². The number of hydrogen-bond donors (Lipinski definition) is 3. The molecule has 0 aliphatic rings. The molecule has 0 bridgehead atoms. The maximum atomic E-state index is 10.2. The molecule has 0 spiro atoms. The van der Waals surface area contributed by atoms with Gasteiger partial charge in [-0.25, -0.2) is 0 Å². The van der Waals surface area contributed by atoms with Crippen LogP contribution in [0.15, 0.2) is 48.5 Å². The lowest BCUT2D eigenvalue weighted by Gasteiger charge is -2.21. The molecule has 4 N–H and O–H groups in total. The number of aliphatic hydroxyl groups excluding tert-OH is 1. The summed E-state index contributed by atoms with van der Waals surface area (Å²) < 4.78 is 10.8. The molecule has 0 aliphatic heterocycles. The van der Waals surface area contributed by atoms with Gasteiger partial charge in [0.05, 0.1) is 34.4 Å². The molecular formula is C21H31ClN2O3+2. The number of likely N-dealkylation sites (N-methyl/N-ethyl adjacent to an activating group) is 1. The smallest absolute Gasteiger partial charge is 0.162 e. The van der Waals surface area contributed by atoms with E-state index in [9.17, 15) is 5.11 Å². The molecule has 2 aromatic carbocycles. The number of nitrogens with one attached hydrogen (secondary N) is 1. The van der Waals surface area contributed by atoms with Crippen LogP contribution in [0.2, 0.25) is 5.02 Å². The molecule has 148 valence electrons. The molecule has 2 aromatic rings. The molecule has 2 rings (SSSR count). The van der Waals surface area contributed by atoms with Crippen molar-refractivity contribution in [2.24, 2.45) is 0 Å². The van der Waals surface area contributed by atoms with Crippen LogP contribution in [0, 0.1) is 0 Å². The Bertz CT molecular complexity index is 662. The van der Waals surface area contributed by atoms with Crippen LogP contribution in [0.5, 0.6) is 5.75 Å². The van der Waals surface area contributed by atoms with Crippen LogP contribution in [-0.2, 0) is 11.3 Å². The monoisotopic (exact) mass is 394 g/mol. The van der Waals surface area contributed by atoms with E-state index in [2.05, 4.69) is 31.5 Å². The van der Waals surface area contributed by atoms with Crippen LogP contribution in [0.4, 0.5) is 0 Å². The predicted molar refractivity (Wildman–Crippen MR) is 107 cm³/mol. The molecular weight excluding hydrogens is 364 g/mol. The number of halogens is 1. The van der Waals surface area contributed by atoms with Crippen LogP contribution in [-0.4, -0.2) is 52.1 Å². The van der Waals surface area contributed by atoms with Crippen molar-refractivity contribution >= 4 is 11.6 Å². The first-order chi connectivity index (χ1) is 13.0. The summed E-state index contributed by atoms with van der Waals surface area (Å²) in [5.74, 6) is 0.864. The minimum Gasteiger partial charge on any atom is -0.497 e. The second-order valence-corrected chi connectivity index (χ2v) is 7.40. The van der Waals surface area contributed by atoms with E-state index in [1.807, 2.05) is 36.4 Å². The van der Waals surface area contributed by atoms with Gasteiger partial charge in [0.15, 0.2) is 6.04 Å². The van der Waals surface area contributed by atoms with Crippen LogP contribution >= 0.6 is 11.6 Å². The number of ether oxygens (including phenoxy) is 2. The van der Waals surface area contributed by atoms with Gasteiger partial charge in [-0.05, 0) is 42.0 Å². The molecule has 0 amide bonds. The first kappa shape index (κ1) is 21.7. The summed E-state index contributed by atoms with van der Waals surface area (Å²) in [5.41, 5.74) is 2.31. The van der Waals surface area contributed by atoms with Gasteiger partial charge in [0, 0.05) is 10.6 Å². The molecule has 6 heteroatoms. The minimum atomic E-state index is -0.494. The molecule has 0 fully saturated rings. The SMILES string of the molecule is COc1ccc([C@H](C[NH2+]C[C@@H](O)COCc2ccc(Cl)cc2)[NH+](C)C)cc1. The Morgan fingerprint density at radius 2 is 1.70 bits per heavy atom. The molecule has 0 saturated heterocycles. The van der Waals surface area contributed by atoms with Gasteiger partial charge in [-0.3, -0.25) is 0 Å². The number of nitrogens with two attached hydrogens (primary N) is 1. The summed E-state index contributed by atoms with van der Waals surface area (Å²) >= 11 is 5.87. The fourth-order valence-corrected chi connectivity index (χ4v) is 3.08. The minimum absolute atomic E-state index is 0.321. The summed E-state index contributed by atoms with van der Waals surface area (Å²) in [4.78, 5) is 1.35. The number of aliphatic hydroxyl groups is 1. The maximum absolute atomic E-state index is 10.2. The Labute approximate surface area is 166 Å². The summed E-state index contributed by atoms with van der Waals surface area (Å²) in [6.07, 6.45) is -0.494. The van der Waals surface area contributed by atoms with Gasteiger partial charge in [0.1, 0.15) is 24.9 Å². The highest BCUT2D eigenvalue weighted by atomic mass is 35.5. The topological polar surface area (TPSA) is 59.7 Å². The standard InChI is InChI=1S/C21H29ClN2O3/c1-24(2)21(17-6-10-20(26-3)11-7-17)13-23-12-19(25)15-27-14-16-4-8-18(22)9-5-16/h4-11,19,21,23,25H,12-15H2,1-3H3/p+2/t19-,21+/m1/s1. The van der Waals surface area contributed by atoms with Gasteiger partial charge < -0.3 is 24.8 Å². The Morgan fingerprint density at radius 3 is 2.30 bits per heavy atom. The van der Waals surface area contributed by atoms with Gasteiger partial charge in [0.25, 0.3) is 0 Å². The van der Waals surface area contributed by atoms with E-state index >= 15 is 0 Å². The average molecular weight is 395 g/mol. The number of methoxy groups -OCH3 is 1. The van der Waals surface area contributed by atoms with Crippen LogP contribution < -0.4 is 15.0 Å². The Morgan fingerprint density at radius 1 is 1.04 bits per heavy atom. The zero-order valence-electron chi connectivity index (χ0n) is 16.3. The fraction of sp³-hybridized carbons (Fsp3) is 0.429. The maximum Gasteiger partial charge on any atom is 0.162 e. The number of hydrogen-bond acceptors (Lipinski definition) is 3. The van der Waals surface area contributed by atoms with Crippen molar-refractivity contribution in [2.45, 2.75) is 18.8 Å². The van der Waals surface area contributed by atoms with E-state index in [0.717, 1.165) is 17.9 Å². The van der Waals surface area contributed by atoms with Crippen molar-refractivity contribution in [1.82, 2.24) is 0 Å². The predicted octanol–water partition coefficient (Wildman–Crippen LogP) is 0.675. The van der Waals surface area contributed by atoms with Crippen molar-refractivity contribution in [3.63, 3.8) is 0 Å². The molecule has 27 heavy (non-hydrogen) atoms. The fourth-order valence-electron chi connectivity index (χ4n) is 2.96. The van der Waals surface area contributed by atoms with E-state index < -0.39 is 6.10 Å². The van der Waals surface area contributed by atoms with E-state index in [4.69, 9.17) is 21.1 Å². The third kappa shape index (κ3) is 7.48. The summed E-state index contributed by atoms with van der Waals surface area (Å²) in [7, 11) is 5.97. The second kappa shape index (κ2) is 11.3. The molecule has 0 unspecified atom stereocenters. The van der Waals surface area contributed by atoms with E-state index in [0.29, 0.717) is 30.8 Å². The summed E-state index contributed by atoms with van der Waals surface area (Å²) in [6, 6.07) is 16.1.